The van der Waals surface area contributed by atoms with Gasteiger partial charge in [0.2, 0.25) is 0 Å². The molecule has 18 heavy (non-hydrogen) atoms. The van der Waals surface area contributed by atoms with E-state index < -0.39 is 0 Å². The Kier molecular flexibility index (Phi) is 11.4. The summed E-state index contributed by atoms with van der Waals surface area (Å²) in [7, 11) is 0. The number of aliphatic hydroxyl groups is 2. The topological polar surface area (TPSA) is 61.9 Å². The number of rotatable bonds is 1. The average molecular weight is 293 g/mol. The standard InChI is InChI=1S/C11H20O2.C3H8O.Ti/c1-10(2,3)8(12)7-9(13)11(4,5)6;1-3(2)4;/h7,12H,1-6H3;3-4H,1-2H3;/p+1. The molecular weight excluding hydrogens is 264 g/mol. The van der Waals surface area contributed by atoms with Gasteiger partial charge in [-0.1, -0.05) is 20.8 Å². The second-order valence-electron chi connectivity index (χ2n) is 6.51. The molecule has 0 aliphatic carbocycles. The van der Waals surface area contributed by atoms with Crippen molar-refractivity contribution in [2.45, 2.75) is 61.5 Å². The van der Waals surface area contributed by atoms with Gasteiger partial charge in [0.15, 0.2) is 0 Å². The molecule has 0 aliphatic heterocycles. The minimum Gasteiger partial charge on any atom is -0.511 e. The van der Waals surface area contributed by atoms with Crippen LogP contribution in [0.3, 0.4) is 0 Å². The van der Waals surface area contributed by atoms with Gasteiger partial charge in [-0.25, -0.2) is 0 Å². The molecule has 0 radical (unpaired) electrons. The first-order chi connectivity index (χ1) is 7.28. The Balaban J connectivity index is -0.000000392. The number of hydrogen-bond acceptors (Lipinski definition) is 2. The van der Waals surface area contributed by atoms with Crippen molar-refractivity contribution in [2.24, 2.45) is 10.8 Å². The van der Waals surface area contributed by atoms with Crippen molar-refractivity contribution in [2.75, 3.05) is 0 Å². The van der Waals surface area contributed by atoms with Gasteiger partial charge in [0.1, 0.15) is 5.76 Å². The van der Waals surface area contributed by atoms with Gasteiger partial charge in [0.25, 0.3) is 0 Å². The Morgan fingerprint density at radius 2 is 1.28 bits per heavy atom. The first-order valence-electron chi connectivity index (χ1n) is 5.94. The first-order valence-corrected chi connectivity index (χ1v) is 5.94. The van der Waals surface area contributed by atoms with Crippen LogP contribution in [0.5, 0.6) is 0 Å². The predicted octanol–water partition coefficient (Wildman–Crippen LogP) is 3.45. The van der Waals surface area contributed by atoms with Gasteiger partial charge in [0.05, 0.1) is 11.5 Å². The van der Waals surface area contributed by atoms with Crippen LogP contribution >= 0.6 is 0 Å². The molecule has 3 N–H and O–H groups in total. The summed E-state index contributed by atoms with van der Waals surface area (Å²) in [6.45, 7) is 14.8. The van der Waals surface area contributed by atoms with Crippen LogP contribution in [0.2, 0.25) is 0 Å². The van der Waals surface area contributed by atoms with Gasteiger partial charge in [-0.15, -0.1) is 0 Å². The molecule has 0 aliphatic rings. The zero-order chi connectivity index (χ0) is 14.4. The molecule has 0 amide bonds. The van der Waals surface area contributed by atoms with Crippen molar-refractivity contribution in [3.8, 4) is 0 Å². The van der Waals surface area contributed by atoms with E-state index in [1.54, 1.807) is 13.8 Å². The third kappa shape index (κ3) is 13.9. The Morgan fingerprint density at radius 3 is 1.44 bits per heavy atom. The maximum absolute atomic E-state index is 9.60. The van der Waals surface area contributed by atoms with Crippen LogP contribution < -0.4 is 0 Å². The molecule has 0 rings (SSSR count). The summed E-state index contributed by atoms with van der Waals surface area (Å²) in [5.41, 5.74) is -0.613. The summed E-state index contributed by atoms with van der Waals surface area (Å²) in [4.78, 5) is 9.60. The second kappa shape index (κ2) is 8.90. The van der Waals surface area contributed by atoms with Gasteiger partial charge < -0.3 is 10.2 Å². The molecule has 0 unspecified atom stereocenters. The molecule has 0 bridgehead atoms. The molecule has 0 saturated heterocycles. The minimum absolute atomic E-state index is 0. The van der Waals surface area contributed by atoms with Gasteiger partial charge in [-0.2, -0.15) is 0 Å². The molecule has 0 saturated carbocycles. The van der Waals surface area contributed by atoms with Crippen LogP contribution in [-0.4, -0.2) is 26.9 Å². The molecule has 3 nitrogen and oxygen atoms in total. The summed E-state index contributed by atoms with van der Waals surface area (Å²) in [6, 6.07) is 0. The summed E-state index contributed by atoms with van der Waals surface area (Å²) in [6.07, 6.45) is 1.28. The van der Waals surface area contributed by atoms with E-state index in [9.17, 15) is 9.90 Å². The van der Waals surface area contributed by atoms with Crippen LogP contribution in [0.4, 0.5) is 0 Å². The van der Waals surface area contributed by atoms with Crippen LogP contribution in [0, 0.1) is 10.8 Å². The largest absolute Gasteiger partial charge is 0.511 e. The van der Waals surface area contributed by atoms with E-state index in [1.165, 1.54) is 6.08 Å². The maximum atomic E-state index is 9.60. The fraction of sp³-hybridized carbons (Fsp3) is 0.786. The average Bonchev–Trinajstić information content (AvgIpc) is 1.98. The third-order valence-corrected chi connectivity index (χ3v) is 1.81. The van der Waals surface area contributed by atoms with Gasteiger partial charge in [-0.3, -0.25) is 4.79 Å². The summed E-state index contributed by atoms with van der Waals surface area (Å²) < 4.78 is 0. The molecule has 0 fully saturated rings. The number of carbonyl (C=O) groups excluding carboxylic acids is 1. The Labute approximate surface area is 127 Å². The normalized spacial score (nSPS) is 12.4. The van der Waals surface area contributed by atoms with Crippen molar-refractivity contribution in [1.82, 2.24) is 0 Å². The van der Waals surface area contributed by atoms with Crippen molar-refractivity contribution < 1.29 is 36.7 Å². The van der Waals surface area contributed by atoms with Crippen LogP contribution in [0.1, 0.15) is 55.4 Å². The second-order valence-corrected chi connectivity index (χ2v) is 6.51. The van der Waals surface area contributed by atoms with Crippen molar-refractivity contribution in [3.05, 3.63) is 11.8 Å². The number of hydrogen-bond donors (Lipinski definition) is 2. The number of aliphatic hydroxyl groups excluding tert-OH is 2. The molecule has 106 valence electrons. The fourth-order valence-electron chi connectivity index (χ4n) is 0.563. The quantitative estimate of drug-likeness (QED) is 0.336. The van der Waals surface area contributed by atoms with E-state index in [0.717, 1.165) is 0 Å². The van der Waals surface area contributed by atoms with Crippen molar-refractivity contribution in [3.63, 3.8) is 0 Å². The van der Waals surface area contributed by atoms with Crippen LogP contribution in [0.25, 0.3) is 0 Å². The monoisotopic (exact) mass is 293 g/mol. The zero-order valence-corrected chi connectivity index (χ0v) is 14.6. The van der Waals surface area contributed by atoms with E-state index >= 15 is 0 Å². The van der Waals surface area contributed by atoms with E-state index in [4.69, 9.17) is 5.11 Å². The summed E-state index contributed by atoms with van der Waals surface area (Å²) in [5, 5.41) is 17.7. The van der Waals surface area contributed by atoms with E-state index in [0.29, 0.717) is 0 Å². The first kappa shape index (κ1) is 23.0. The van der Waals surface area contributed by atoms with Gasteiger partial charge in [0, 0.05) is 33.2 Å². The van der Waals surface area contributed by atoms with Crippen LogP contribution in [0.15, 0.2) is 11.8 Å². The minimum atomic E-state index is -0.306. The van der Waals surface area contributed by atoms with Crippen molar-refractivity contribution >= 4 is 5.78 Å². The molecule has 0 heterocycles. The van der Waals surface area contributed by atoms with E-state index in [2.05, 4.69) is 0 Å². The zero-order valence-electron chi connectivity index (χ0n) is 13.0. The van der Waals surface area contributed by atoms with Gasteiger partial charge >= 0.3 is 5.78 Å². The fourth-order valence-corrected chi connectivity index (χ4v) is 0.563. The molecule has 0 aromatic heterocycles. The smallest absolute Gasteiger partial charge is 0.325 e. The molecule has 0 atom stereocenters. The molecule has 4 heteroatoms. The third-order valence-electron chi connectivity index (χ3n) is 1.81. The number of allylic oxidation sites excluding steroid dienone is 2. The van der Waals surface area contributed by atoms with E-state index in [-0.39, 0.29) is 50.2 Å². The molecule has 0 spiro atoms. The Bertz CT molecular complexity index is 265. The van der Waals surface area contributed by atoms with Gasteiger partial charge in [-0.05, 0) is 34.6 Å². The maximum Gasteiger partial charge on any atom is 0.325 e. The molecule has 0 aromatic carbocycles. The SMILES string of the molecule is CC(C)(C)C(=[OH+])C=C(O)C(C)(C)C.CC(C)O.[Ti]. The summed E-state index contributed by atoms with van der Waals surface area (Å²) in [5.74, 6) is 0.417. The summed E-state index contributed by atoms with van der Waals surface area (Å²) >= 11 is 0. The van der Waals surface area contributed by atoms with E-state index in [1.807, 2.05) is 41.5 Å². The predicted molar refractivity (Wildman–Crippen MR) is 73.9 cm³/mol. The Hall–Kier alpha value is -0.116. The molecular formula is C14H29O3Ti+. The Morgan fingerprint density at radius 1 is 1.00 bits per heavy atom. The van der Waals surface area contributed by atoms with Crippen molar-refractivity contribution in [1.29, 1.82) is 0 Å². The molecule has 0 aromatic rings. The van der Waals surface area contributed by atoms with Crippen LogP contribution in [-0.2, 0) is 21.7 Å². The number of ketones is 1.